The van der Waals surface area contributed by atoms with Gasteiger partial charge in [-0.3, -0.25) is 0 Å². The lowest BCUT2D eigenvalue weighted by Gasteiger charge is -2.21. The lowest BCUT2D eigenvalue weighted by molar-refractivity contribution is 0.281. The second-order valence-electron chi connectivity index (χ2n) is 5.94. The van der Waals surface area contributed by atoms with Crippen molar-refractivity contribution in [2.45, 2.75) is 32.2 Å². The number of hydrogen-bond acceptors (Lipinski definition) is 4. The molecule has 0 aliphatic carbocycles. The molecule has 3 rings (SSSR count). The molecular weight excluding hydrogens is 305 g/mol. The first-order valence-electron chi connectivity index (χ1n) is 8.17. The summed E-state index contributed by atoms with van der Waals surface area (Å²) < 4.78 is 19.8. The molecule has 2 aromatic carbocycles. The van der Waals surface area contributed by atoms with E-state index in [2.05, 4.69) is 10.3 Å². The Bertz CT molecular complexity index is 718. The van der Waals surface area contributed by atoms with Crippen LogP contribution in [0.15, 0.2) is 53.5 Å². The van der Waals surface area contributed by atoms with Crippen molar-refractivity contribution < 1.29 is 9.13 Å². The molecule has 1 aliphatic heterocycles. The molecule has 0 aromatic heterocycles. The highest BCUT2D eigenvalue weighted by Gasteiger charge is 2.18. The molecule has 24 heavy (non-hydrogen) atoms. The van der Waals surface area contributed by atoms with Gasteiger partial charge in [0.1, 0.15) is 23.4 Å². The van der Waals surface area contributed by atoms with Gasteiger partial charge in [0.2, 0.25) is 0 Å². The summed E-state index contributed by atoms with van der Waals surface area (Å²) in [5.74, 6) is 1.23. The number of rotatable bonds is 6. The van der Waals surface area contributed by atoms with E-state index in [-0.39, 0.29) is 6.10 Å². The monoisotopic (exact) mass is 327 g/mol. The molecule has 0 saturated heterocycles. The van der Waals surface area contributed by atoms with Crippen molar-refractivity contribution in [3.63, 3.8) is 0 Å². The van der Waals surface area contributed by atoms with Crippen LogP contribution in [-0.4, -0.2) is 18.5 Å². The normalized spacial score (nSPS) is 17.6. The molecule has 0 bridgehead atoms. The number of nitrogens with one attached hydrogen (secondary N) is 1. The fourth-order valence-electron chi connectivity index (χ4n) is 2.63. The topological polar surface area (TPSA) is 59.6 Å². The molecule has 1 aliphatic rings. The molecule has 0 radical (unpaired) electrons. The number of nitrogens with two attached hydrogens (primary N) is 1. The highest BCUT2D eigenvalue weighted by Crippen LogP contribution is 2.32. The second-order valence-corrected chi connectivity index (χ2v) is 5.94. The lowest BCUT2D eigenvalue weighted by Crippen LogP contribution is -2.33. The molecule has 126 valence electrons. The van der Waals surface area contributed by atoms with E-state index in [9.17, 15) is 4.39 Å². The van der Waals surface area contributed by atoms with Gasteiger partial charge >= 0.3 is 0 Å². The van der Waals surface area contributed by atoms with Gasteiger partial charge < -0.3 is 15.8 Å². The zero-order chi connectivity index (χ0) is 16.9. The number of hydrogen-bond donors (Lipinski definition) is 2. The van der Waals surface area contributed by atoms with E-state index in [0.717, 1.165) is 22.6 Å². The fraction of sp³-hybridized carbons (Fsp3) is 0.316. The van der Waals surface area contributed by atoms with Gasteiger partial charge in [0.15, 0.2) is 6.10 Å². The molecule has 0 amide bonds. The third-order valence-corrected chi connectivity index (χ3v) is 4.06. The third-order valence-electron chi connectivity index (χ3n) is 4.06. The summed E-state index contributed by atoms with van der Waals surface area (Å²) in [6.07, 6.45) is -0.691. The third kappa shape index (κ3) is 3.92. The summed E-state index contributed by atoms with van der Waals surface area (Å²) in [5, 5.41) is 3.27. The maximum atomic E-state index is 14.1. The van der Waals surface area contributed by atoms with Crippen LogP contribution in [0.2, 0.25) is 0 Å². The molecule has 0 saturated carbocycles. The Hall–Kier alpha value is -2.40. The van der Waals surface area contributed by atoms with Crippen LogP contribution < -0.4 is 15.8 Å². The zero-order valence-corrected chi connectivity index (χ0v) is 13.7. The fourth-order valence-corrected chi connectivity index (χ4v) is 2.63. The number of amidine groups is 1. The smallest absolute Gasteiger partial charge is 0.153 e. The van der Waals surface area contributed by atoms with E-state index in [1.54, 1.807) is 0 Å². The predicted octanol–water partition coefficient (Wildman–Crippen LogP) is 3.65. The Labute approximate surface area is 141 Å². The molecule has 0 spiro atoms. The van der Waals surface area contributed by atoms with Crippen molar-refractivity contribution in [1.29, 1.82) is 0 Å². The van der Waals surface area contributed by atoms with Crippen molar-refractivity contribution in [3.05, 3.63) is 59.7 Å². The maximum absolute atomic E-state index is 14.1. The quantitative estimate of drug-likeness (QED) is 0.796. The van der Waals surface area contributed by atoms with Crippen LogP contribution in [0.4, 0.5) is 10.1 Å². The van der Waals surface area contributed by atoms with Crippen LogP contribution >= 0.6 is 0 Å². The van der Waals surface area contributed by atoms with Crippen molar-refractivity contribution in [1.82, 2.24) is 5.32 Å². The minimum absolute atomic E-state index is 0.194. The van der Waals surface area contributed by atoms with E-state index in [1.807, 2.05) is 55.5 Å². The summed E-state index contributed by atoms with van der Waals surface area (Å²) in [5.41, 5.74) is 8.36. The summed E-state index contributed by atoms with van der Waals surface area (Å²) in [6.45, 7) is 3.13. The van der Waals surface area contributed by atoms with Crippen LogP contribution in [-0.2, 0) is 6.54 Å². The molecule has 1 unspecified atom stereocenters. The van der Waals surface area contributed by atoms with Gasteiger partial charge in [-0.15, -0.1) is 0 Å². The van der Waals surface area contributed by atoms with Gasteiger partial charge in [0.25, 0.3) is 0 Å². The van der Waals surface area contributed by atoms with Gasteiger partial charge in [-0.2, -0.15) is 0 Å². The minimum atomic E-state index is -0.943. The number of fused-ring (bicyclic) bond motifs is 1. The van der Waals surface area contributed by atoms with Crippen molar-refractivity contribution >= 4 is 11.5 Å². The average Bonchev–Trinajstić information content (AvgIpc) is 2.60. The number of alkyl halides is 1. The second kappa shape index (κ2) is 7.45. The first-order valence-corrected chi connectivity index (χ1v) is 8.17. The molecule has 3 N–H and O–H groups in total. The molecule has 2 aromatic rings. The number of aliphatic imine (C=N–C) groups is 1. The molecule has 2 atom stereocenters. The predicted molar refractivity (Wildman–Crippen MR) is 94.4 cm³/mol. The number of halogens is 1. The maximum Gasteiger partial charge on any atom is 0.153 e. The first kappa shape index (κ1) is 16.5. The molecular formula is C19H22FN3O. The van der Waals surface area contributed by atoms with Crippen LogP contribution in [0, 0.1) is 0 Å². The van der Waals surface area contributed by atoms with Gasteiger partial charge in [-0.25, -0.2) is 9.38 Å². The number of ether oxygens (including phenoxy) is 1. The van der Waals surface area contributed by atoms with Gasteiger partial charge in [0.05, 0.1) is 0 Å². The SMILES string of the molecule is CC1Oc2ccc(CNCC[C@@H](F)c3ccccc3)cc2N=C1N. The Morgan fingerprint density at radius 3 is 2.83 bits per heavy atom. The molecule has 5 heteroatoms. The van der Waals surface area contributed by atoms with E-state index < -0.39 is 6.17 Å². The van der Waals surface area contributed by atoms with E-state index in [1.165, 1.54) is 0 Å². The van der Waals surface area contributed by atoms with Gasteiger partial charge in [-0.1, -0.05) is 36.4 Å². The largest absolute Gasteiger partial charge is 0.481 e. The lowest BCUT2D eigenvalue weighted by atomic mass is 10.1. The molecule has 0 fully saturated rings. The Morgan fingerprint density at radius 2 is 2.04 bits per heavy atom. The van der Waals surface area contributed by atoms with Crippen LogP contribution in [0.3, 0.4) is 0 Å². The number of benzene rings is 2. The zero-order valence-electron chi connectivity index (χ0n) is 13.7. The van der Waals surface area contributed by atoms with Crippen molar-refractivity contribution in [3.8, 4) is 5.75 Å². The van der Waals surface area contributed by atoms with Gasteiger partial charge in [-0.05, 0) is 43.1 Å². The van der Waals surface area contributed by atoms with Crippen LogP contribution in [0.25, 0.3) is 0 Å². The minimum Gasteiger partial charge on any atom is -0.481 e. The van der Waals surface area contributed by atoms with Crippen molar-refractivity contribution in [2.75, 3.05) is 6.54 Å². The van der Waals surface area contributed by atoms with E-state index in [0.29, 0.717) is 25.3 Å². The summed E-state index contributed by atoms with van der Waals surface area (Å²) in [7, 11) is 0. The van der Waals surface area contributed by atoms with E-state index >= 15 is 0 Å². The highest BCUT2D eigenvalue weighted by atomic mass is 19.1. The van der Waals surface area contributed by atoms with Gasteiger partial charge in [0, 0.05) is 6.54 Å². The van der Waals surface area contributed by atoms with E-state index in [4.69, 9.17) is 10.5 Å². The number of nitrogens with zero attached hydrogens (tertiary/aromatic N) is 1. The van der Waals surface area contributed by atoms with Crippen molar-refractivity contribution in [2.24, 2.45) is 10.7 Å². The van der Waals surface area contributed by atoms with Crippen LogP contribution in [0.1, 0.15) is 30.6 Å². The Balaban J connectivity index is 1.51. The highest BCUT2D eigenvalue weighted by molar-refractivity contribution is 5.89. The molecule has 1 heterocycles. The average molecular weight is 327 g/mol. The summed E-state index contributed by atoms with van der Waals surface area (Å²) in [4.78, 5) is 4.37. The standard InChI is InChI=1S/C19H22FN3O/c1-13-19(21)23-17-11-14(7-8-18(17)24-13)12-22-10-9-16(20)15-5-3-2-4-6-15/h2-8,11,13,16,22H,9-10,12H2,1H3,(H2,21,23)/t13?,16-/m1/s1. The molecule has 4 nitrogen and oxygen atoms in total. The first-order chi connectivity index (χ1) is 11.6. The van der Waals surface area contributed by atoms with Crippen LogP contribution in [0.5, 0.6) is 5.75 Å². The summed E-state index contributed by atoms with van der Waals surface area (Å²) in [6, 6.07) is 15.1. The Morgan fingerprint density at radius 1 is 1.25 bits per heavy atom. The Kier molecular flexibility index (Phi) is 5.11. The summed E-state index contributed by atoms with van der Waals surface area (Å²) >= 11 is 0.